The molecule has 0 aliphatic carbocycles. The van der Waals surface area contributed by atoms with Crippen LogP contribution in [0.2, 0.25) is 0 Å². The minimum atomic E-state index is 0.653. The van der Waals surface area contributed by atoms with Gasteiger partial charge in [0.05, 0.1) is 5.69 Å². The van der Waals surface area contributed by atoms with Gasteiger partial charge in [-0.25, -0.2) is 0 Å². The standard InChI is InChI=1S/C8H9NO/c1-2-3-7-4-5-9-8(7)6-10/h2,4-6,9H,1,3H2. The van der Waals surface area contributed by atoms with Gasteiger partial charge in [-0.15, -0.1) is 6.58 Å². The topological polar surface area (TPSA) is 32.9 Å². The Hall–Kier alpha value is -1.31. The first-order chi connectivity index (χ1) is 4.88. The number of aldehydes is 1. The van der Waals surface area contributed by atoms with Crippen LogP contribution in [-0.2, 0) is 6.42 Å². The van der Waals surface area contributed by atoms with Gasteiger partial charge in [-0.05, 0) is 18.1 Å². The second-order valence-electron chi connectivity index (χ2n) is 2.03. The Labute approximate surface area is 59.6 Å². The van der Waals surface area contributed by atoms with Crippen LogP contribution in [0.4, 0.5) is 0 Å². The number of rotatable bonds is 3. The summed E-state index contributed by atoms with van der Waals surface area (Å²) < 4.78 is 0. The van der Waals surface area contributed by atoms with Gasteiger partial charge in [0.2, 0.25) is 0 Å². The summed E-state index contributed by atoms with van der Waals surface area (Å²) in [6.45, 7) is 3.58. The van der Waals surface area contributed by atoms with E-state index in [0.29, 0.717) is 5.69 Å². The van der Waals surface area contributed by atoms with Crippen LogP contribution in [0.1, 0.15) is 16.1 Å². The molecule has 1 aromatic rings. The van der Waals surface area contributed by atoms with Gasteiger partial charge in [0, 0.05) is 6.20 Å². The highest BCUT2D eigenvalue weighted by Crippen LogP contribution is 2.04. The van der Waals surface area contributed by atoms with Crippen LogP contribution in [0, 0.1) is 0 Å². The van der Waals surface area contributed by atoms with Gasteiger partial charge >= 0.3 is 0 Å². The predicted molar refractivity (Wildman–Crippen MR) is 40.1 cm³/mol. The average Bonchev–Trinajstić information content (AvgIpc) is 2.36. The molecule has 0 saturated heterocycles. The maximum absolute atomic E-state index is 10.3. The Morgan fingerprint density at radius 3 is 3.10 bits per heavy atom. The van der Waals surface area contributed by atoms with Gasteiger partial charge in [0.25, 0.3) is 0 Å². The van der Waals surface area contributed by atoms with Crippen molar-refractivity contribution in [2.75, 3.05) is 0 Å². The third kappa shape index (κ3) is 1.16. The van der Waals surface area contributed by atoms with Crippen LogP contribution in [0.15, 0.2) is 24.9 Å². The molecule has 1 rings (SSSR count). The molecular weight excluding hydrogens is 126 g/mol. The molecule has 0 aliphatic rings. The van der Waals surface area contributed by atoms with Gasteiger partial charge in [-0.1, -0.05) is 6.08 Å². The summed E-state index contributed by atoms with van der Waals surface area (Å²) in [4.78, 5) is 13.1. The zero-order chi connectivity index (χ0) is 7.40. The molecule has 1 aromatic heterocycles. The van der Waals surface area contributed by atoms with Crippen molar-refractivity contribution in [3.05, 3.63) is 36.2 Å². The highest BCUT2D eigenvalue weighted by molar-refractivity contribution is 5.74. The van der Waals surface area contributed by atoms with Gasteiger partial charge in [-0.2, -0.15) is 0 Å². The third-order valence-corrected chi connectivity index (χ3v) is 1.35. The van der Waals surface area contributed by atoms with E-state index in [-0.39, 0.29) is 0 Å². The highest BCUT2D eigenvalue weighted by Gasteiger charge is 1.97. The number of carbonyl (C=O) groups excluding carboxylic acids is 1. The van der Waals surface area contributed by atoms with E-state index in [9.17, 15) is 4.79 Å². The Morgan fingerprint density at radius 1 is 1.70 bits per heavy atom. The molecule has 2 heteroatoms. The van der Waals surface area contributed by atoms with Crippen LogP contribution in [-0.4, -0.2) is 11.3 Å². The largest absolute Gasteiger partial charge is 0.359 e. The van der Waals surface area contributed by atoms with Crippen molar-refractivity contribution in [3.8, 4) is 0 Å². The lowest BCUT2D eigenvalue weighted by Gasteiger charge is -1.89. The number of carbonyl (C=O) groups is 1. The fourth-order valence-electron chi connectivity index (χ4n) is 0.858. The number of allylic oxidation sites excluding steroid dienone is 1. The fraction of sp³-hybridized carbons (Fsp3) is 0.125. The van der Waals surface area contributed by atoms with Crippen molar-refractivity contribution in [1.29, 1.82) is 0 Å². The molecule has 0 radical (unpaired) electrons. The Kier molecular flexibility index (Phi) is 2.05. The minimum absolute atomic E-state index is 0.653. The van der Waals surface area contributed by atoms with E-state index in [4.69, 9.17) is 0 Å². The Bertz CT molecular complexity index is 237. The zero-order valence-corrected chi connectivity index (χ0v) is 5.63. The summed E-state index contributed by atoms with van der Waals surface area (Å²) >= 11 is 0. The first-order valence-electron chi connectivity index (χ1n) is 3.11. The Morgan fingerprint density at radius 2 is 2.50 bits per heavy atom. The van der Waals surface area contributed by atoms with Crippen molar-refractivity contribution in [3.63, 3.8) is 0 Å². The summed E-state index contributed by atoms with van der Waals surface area (Å²) in [5.74, 6) is 0. The van der Waals surface area contributed by atoms with Crippen molar-refractivity contribution in [1.82, 2.24) is 4.98 Å². The van der Waals surface area contributed by atoms with E-state index in [1.165, 1.54) is 0 Å². The number of aromatic amines is 1. The molecule has 1 heterocycles. The van der Waals surface area contributed by atoms with Gasteiger partial charge in [-0.3, -0.25) is 4.79 Å². The molecule has 0 atom stereocenters. The van der Waals surface area contributed by atoms with Crippen molar-refractivity contribution in [2.24, 2.45) is 0 Å². The quantitative estimate of drug-likeness (QED) is 0.495. The maximum atomic E-state index is 10.3. The summed E-state index contributed by atoms with van der Waals surface area (Å²) in [5.41, 5.74) is 1.66. The number of aromatic nitrogens is 1. The van der Waals surface area contributed by atoms with Crippen molar-refractivity contribution in [2.45, 2.75) is 6.42 Å². The molecule has 0 saturated carbocycles. The van der Waals surface area contributed by atoms with E-state index in [2.05, 4.69) is 11.6 Å². The zero-order valence-electron chi connectivity index (χ0n) is 5.63. The van der Waals surface area contributed by atoms with Crippen LogP contribution < -0.4 is 0 Å². The first kappa shape index (κ1) is 6.81. The maximum Gasteiger partial charge on any atom is 0.166 e. The normalized spacial score (nSPS) is 9.20. The van der Waals surface area contributed by atoms with Crippen molar-refractivity contribution < 1.29 is 4.79 Å². The van der Waals surface area contributed by atoms with Crippen LogP contribution in [0.3, 0.4) is 0 Å². The SMILES string of the molecule is C=CCc1cc[nH]c1C=O. The lowest BCUT2D eigenvalue weighted by atomic mass is 10.2. The molecule has 0 spiro atoms. The van der Waals surface area contributed by atoms with Gasteiger partial charge < -0.3 is 4.98 Å². The third-order valence-electron chi connectivity index (χ3n) is 1.35. The summed E-state index contributed by atoms with van der Waals surface area (Å²) in [6.07, 6.45) is 5.09. The molecule has 10 heavy (non-hydrogen) atoms. The van der Waals surface area contributed by atoms with Gasteiger partial charge in [0.15, 0.2) is 6.29 Å². The second kappa shape index (κ2) is 3.01. The second-order valence-corrected chi connectivity index (χ2v) is 2.03. The monoisotopic (exact) mass is 135 g/mol. The van der Waals surface area contributed by atoms with E-state index < -0.39 is 0 Å². The van der Waals surface area contributed by atoms with E-state index in [1.807, 2.05) is 6.07 Å². The molecule has 0 amide bonds. The predicted octanol–water partition coefficient (Wildman–Crippen LogP) is 1.56. The summed E-state index contributed by atoms with van der Waals surface area (Å²) in [5, 5.41) is 0. The molecule has 0 aliphatic heterocycles. The lowest BCUT2D eigenvalue weighted by molar-refractivity contribution is 0.111. The molecule has 0 fully saturated rings. The number of H-pyrrole nitrogens is 1. The minimum Gasteiger partial charge on any atom is -0.359 e. The van der Waals surface area contributed by atoms with Crippen molar-refractivity contribution >= 4 is 6.29 Å². The summed E-state index contributed by atoms with van der Waals surface area (Å²) in [6, 6.07) is 1.88. The van der Waals surface area contributed by atoms with Crippen LogP contribution in [0.5, 0.6) is 0 Å². The van der Waals surface area contributed by atoms with E-state index >= 15 is 0 Å². The fourth-order valence-corrected chi connectivity index (χ4v) is 0.858. The molecule has 0 bridgehead atoms. The van der Waals surface area contributed by atoms with Crippen LogP contribution >= 0.6 is 0 Å². The molecular formula is C8H9NO. The number of hydrogen-bond donors (Lipinski definition) is 1. The van der Waals surface area contributed by atoms with E-state index in [1.54, 1.807) is 12.3 Å². The molecule has 1 N–H and O–H groups in total. The average molecular weight is 135 g/mol. The molecule has 0 unspecified atom stereocenters. The molecule has 0 aromatic carbocycles. The lowest BCUT2D eigenvalue weighted by Crippen LogP contribution is -1.85. The Balaban J connectivity index is 2.89. The molecule has 2 nitrogen and oxygen atoms in total. The summed E-state index contributed by atoms with van der Waals surface area (Å²) in [7, 11) is 0. The van der Waals surface area contributed by atoms with Crippen LogP contribution in [0.25, 0.3) is 0 Å². The van der Waals surface area contributed by atoms with E-state index in [0.717, 1.165) is 18.3 Å². The van der Waals surface area contributed by atoms with Gasteiger partial charge in [0.1, 0.15) is 0 Å². The highest BCUT2D eigenvalue weighted by atomic mass is 16.1. The first-order valence-corrected chi connectivity index (χ1v) is 3.11. The number of nitrogens with one attached hydrogen (secondary N) is 1. The number of hydrogen-bond acceptors (Lipinski definition) is 1. The molecule has 52 valence electrons. The smallest absolute Gasteiger partial charge is 0.166 e.